The smallest absolute Gasteiger partial charge is 0.274 e. The number of nitrogens with one attached hydrogen (secondary N) is 1. The van der Waals surface area contributed by atoms with Crippen LogP contribution in [0, 0.1) is 0 Å². The fourth-order valence-corrected chi connectivity index (χ4v) is 7.68. The summed E-state index contributed by atoms with van der Waals surface area (Å²) in [6, 6.07) is 12.0. The van der Waals surface area contributed by atoms with Gasteiger partial charge in [-0.2, -0.15) is 0 Å². The zero-order chi connectivity index (χ0) is 39.1. The summed E-state index contributed by atoms with van der Waals surface area (Å²) >= 11 is 0. The van der Waals surface area contributed by atoms with E-state index in [1.807, 2.05) is 65.7 Å². The highest BCUT2D eigenvalue weighted by Gasteiger charge is 2.32. The van der Waals surface area contributed by atoms with E-state index in [-0.39, 0.29) is 53.7 Å². The van der Waals surface area contributed by atoms with Crippen LogP contribution >= 0.6 is 0 Å². The largest absolute Gasteiger partial charge is 0.483 e. The summed E-state index contributed by atoms with van der Waals surface area (Å²) in [6.07, 6.45) is 9.66. The third-order valence-corrected chi connectivity index (χ3v) is 12.1. The number of ether oxygens (including phenoxy) is 2. The molecule has 0 atom stereocenters. The number of amides is 2. The lowest BCUT2D eigenvalue weighted by molar-refractivity contribution is -0.121. The maximum absolute atomic E-state index is 13.6. The van der Waals surface area contributed by atoms with Crippen molar-refractivity contribution in [2.75, 3.05) is 13.2 Å². The predicted molar refractivity (Wildman–Crippen MR) is 215 cm³/mol. The highest BCUT2D eigenvalue weighted by atomic mass is 28.3. The molecular weight excluding hydrogens is 713 g/mol. The van der Waals surface area contributed by atoms with E-state index in [0.29, 0.717) is 80.4 Å². The van der Waals surface area contributed by atoms with Crippen LogP contribution in [0.3, 0.4) is 0 Å². The first-order valence-electron chi connectivity index (χ1n) is 19.9. The minimum atomic E-state index is -1.22. The number of ketones is 1. The fraction of sp³-hybridized carbons (Fsp3) is 0.524. The van der Waals surface area contributed by atoms with Gasteiger partial charge >= 0.3 is 0 Å². The number of Topliss-reactive ketones (excluding diaryl/α,β-unsaturated/α-hetero) is 1. The number of rotatable bonds is 20. The van der Waals surface area contributed by atoms with E-state index < -0.39 is 8.07 Å². The average Bonchev–Trinajstić information content (AvgIpc) is 3.94. The molecule has 0 spiro atoms. The van der Waals surface area contributed by atoms with Crippen molar-refractivity contribution in [3.05, 3.63) is 87.2 Å². The fourth-order valence-electron chi connectivity index (χ4n) is 6.92. The Morgan fingerprint density at radius 2 is 1.75 bits per heavy atom. The lowest BCUT2D eigenvalue weighted by Crippen LogP contribution is -2.46. The van der Waals surface area contributed by atoms with Gasteiger partial charge in [-0.1, -0.05) is 62.8 Å². The number of carbonyl (C=O) groups excluding carboxylic acids is 3. The number of nitrogens with zero attached hydrogens (tertiary/aromatic N) is 5. The topological polar surface area (TPSA) is 138 Å². The standard InChI is InChI=1S/C42H56N6O6Si/c1-29(2)47-19-20-48-32(23-36(50)40(39(48)42(47)52)54-27-30-13-9-8-10-14-30)24-43-37(51)16-12-7-6-11-15-35(49)33-26-46(28-53-21-22-55(3,4)5)41-38(33)45-34(25-44-41)31-17-18-31/h8-10,13-14,23,25-26,29,31H,6-7,11-12,15-22,24,27-28H2,1-5H3,(H,43,51). The van der Waals surface area contributed by atoms with Crippen LogP contribution in [0.15, 0.2) is 53.6 Å². The van der Waals surface area contributed by atoms with Gasteiger partial charge in [0.15, 0.2) is 22.9 Å². The van der Waals surface area contributed by atoms with Crippen molar-refractivity contribution in [3.63, 3.8) is 0 Å². The molecule has 1 aliphatic heterocycles. The highest BCUT2D eigenvalue weighted by Crippen LogP contribution is 2.39. The van der Waals surface area contributed by atoms with Crippen molar-refractivity contribution in [1.29, 1.82) is 0 Å². The molecule has 2 aliphatic rings. The Labute approximate surface area is 324 Å². The normalized spacial score (nSPS) is 14.4. The van der Waals surface area contributed by atoms with Crippen molar-refractivity contribution >= 4 is 36.8 Å². The average molecular weight is 769 g/mol. The number of hydrogen-bond donors (Lipinski definition) is 1. The summed E-state index contributed by atoms with van der Waals surface area (Å²) in [7, 11) is -1.22. The minimum absolute atomic E-state index is 0.0365. The minimum Gasteiger partial charge on any atom is -0.483 e. The first-order chi connectivity index (χ1) is 26.4. The summed E-state index contributed by atoms with van der Waals surface area (Å²) in [6.45, 7) is 13.2. The van der Waals surface area contributed by atoms with Crippen molar-refractivity contribution < 1.29 is 23.9 Å². The molecule has 0 bridgehead atoms. The number of pyridine rings is 1. The number of fused-ring (bicyclic) bond motifs is 2. The van der Waals surface area contributed by atoms with Crippen molar-refractivity contribution in [3.8, 4) is 5.75 Å². The van der Waals surface area contributed by atoms with E-state index in [0.717, 1.165) is 43.0 Å². The van der Waals surface area contributed by atoms with E-state index in [1.54, 1.807) is 4.90 Å². The lowest BCUT2D eigenvalue weighted by Gasteiger charge is -2.35. The Morgan fingerprint density at radius 1 is 1.00 bits per heavy atom. The van der Waals surface area contributed by atoms with Gasteiger partial charge in [-0.25, -0.2) is 9.97 Å². The molecular formula is C42H56N6O6Si. The monoisotopic (exact) mass is 768 g/mol. The lowest BCUT2D eigenvalue weighted by atomic mass is 10.0. The van der Waals surface area contributed by atoms with Gasteiger partial charge in [-0.05, 0) is 51.1 Å². The molecule has 13 heteroatoms. The van der Waals surface area contributed by atoms with Crippen LogP contribution in [-0.2, 0) is 36.0 Å². The third kappa shape index (κ3) is 10.4. The number of carbonyl (C=O) groups is 3. The van der Waals surface area contributed by atoms with Crippen molar-refractivity contribution in [1.82, 2.24) is 29.3 Å². The second kappa shape index (κ2) is 17.9. The SMILES string of the molecule is CC(C)N1CCn2c(CNC(=O)CCCCCCC(=O)c3cn(COCC[Si](C)(C)C)c4ncc(C5CC5)nc34)cc(=O)c(OCc3ccccc3)c2C1=O. The summed E-state index contributed by atoms with van der Waals surface area (Å²) in [5.74, 6) is 0.147. The number of aromatic nitrogens is 4. The van der Waals surface area contributed by atoms with Crippen molar-refractivity contribution in [2.45, 2.75) is 129 Å². The molecule has 1 saturated carbocycles. The molecule has 1 aliphatic carbocycles. The third-order valence-electron chi connectivity index (χ3n) is 10.4. The van der Waals surface area contributed by atoms with Gasteiger partial charge < -0.3 is 28.8 Å². The number of benzene rings is 1. The van der Waals surface area contributed by atoms with Gasteiger partial charge in [0.2, 0.25) is 11.3 Å². The molecule has 0 radical (unpaired) electrons. The Kier molecular flexibility index (Phi) is 13.0. The zero-order valence-corrected chi connectivity index (χ0v) is 34.1. The van der Waals surface area contributed by atoms with Crippen LogP contribution in [-0.4, -0.2) is 68.9 Å². The predicted octanol–water partition coefficient (Wildman–Crippen LogP) is 7.07. The molecule has 55 heavy (non-hydrogen) atoms. The maximum atomic E-state index is 13.6. The molecule has 0 unspecified atom stereocenters. The van der Waals surface area contributed by atoms with Gasteiger partial charge in [0.05, 0.1) is 24.0 Å². The summed E-state index contributed by atoms with van der Waals surface area (Å²) in [4.78, 5) is 64.7. The van der Waals surface area contributed by atoms with Crippen LogP contribution < -0.4 is 15.5 Å². The molecule has 2 amide bonds. The van der Waals surface area contributed by atoms with Gasteiger partial charge in [-0.15, -0.1) is 0 Å². The molecule has 0 saturated heterocycles. The molecule has 4 aromatic rings. The van der Waals surface area contributed by atoms with Crippen LogP contribution in [0.2, 0.25) is 25.7 Å². The molecule has 3 aromatic heterocycles. The molecule has 294 valence electrons. The molecule has 12 nitrogen and oxygen atoms in total. The van der Waals surface area contributed by atoms with Gasteiger partial charge in [0.25, 0.3) is 5.91 Å². The summed E-state index contributed by atoms with van der Waals surface area (Å²) in [5.41, 5.74) is 4.23. The molecule has 1 N–H and O–H groups in total. The van der Waals surface area contributed by atoms with Crippen LogP contribution in [0.5, 0.6) is 5.75 Å². The van der Waals surface area contributed by atoms with E-state index in [4.69, 9.17) is 19.4 Å². The molecule has 1 fully saturated rings. The first-order valence-corrected chi connectivity index (χ1v) is 23.6. The van der Waals surface area contributed by atoms with E-state index in [9.17, 15) is 19.2 Å². The Balaban J connectivity index is 0.995. The zero-order valence-electron chi connectivity index (χ0n) is 33.1. The Hall–Kier alpha value is -4.62. The molecule has 6 rings (SSSR count). The van der Waals surface area contributed by atoms with E-state index >= 15 is 0 Å². The van der Waals surface area contributed by atoms with E-state index in [1.165, 1.54) is 6.07 Å². The Bertz CT molecular complexity index is 2050. The summed E-state index contributed by atoms with van der Waals surface area (Å²) in [5, 5.41) is 2.95. The van der Waals surface area contributed by atoms with Crippen LogP contribution in [0.1, 0.15) is 109 Å². The summed E-state index contributed by atoms with van der Waals surface area (Å²) < 4.78 is 15.7. The molecule has 1 aromatic carbocycles. The van der Waals surface area contributed by atoms with Crippen LogP contribution in [0.4, 0.5) is 0 Å². The number of hydrogen-bond acceptors (Lipinski definition) is 8. The van der Waals surface area contributed by atoms with Crippen molar-refractivity contribution in [2.24, 2.45) is 0 Å². The molecule has 4 heterocycles. The quantitative estimate of drug-likeness (QED) is 0.0573. The second-order valence-electron chi connectivity index (χ2n) is 16.4. The first kappa shape index (κ1) is 40.1. The van der Waals surface area contributed by atoms with Gasteiger partial charge in [0, 0.05) is 70.5 Å². The number of unbranched alkanes of at least 4 members (excludes halogenated alkanes) is 3. The van der Waals surface area contributed by atoms with Crippen LogP contribution in [0.25, 0.3) is 11.2 Å². The Morgan fingerprint density at radius 3 is 2.45 bits per heavy atom. The second-order valence-corrected chi connectivity index (χ2v) is 22.0. The van der Waals surface area contributed by atoms with Gasteiger partial charge in [0.1, 0.15) is 18.9 Å². The highest BCUT2D eigenvalue weighted by molar-refractivity contribution is 6.76. The maximum Gasteiger partial charge on any atom is 0.274 e. The van der Waals surface area contributed by atoms with Gasteiger partial charge in [-0.3, -0.25) is 19.2 Å². The van der Waals surface area contributed by atoms with E-state index in [2.05, 4.69) is 25.0 Å².